The number of halogens is 2. The van der Waals surface area contributed by atoms with E-state index in [1.807, 2.05) is 0 Å². The van der Waals surface area contributed by atoms with Gasteiger partial charge in [-0.2, -0.15) is 0 Å². The molecule has 78 valence electrons. The van der Waals surface area contributed by atoms with Crippen molar-refractivity contribution in [1.82, 2.24) is 4.90 Å². The number of rotatable bonds is 3. The predicted octanol–water partition coefficient (Wildman–Crippen LogP) is 1.99. The first-order chi connectivity index (χ1) is 6.06. The van der Waals surface area contributed by atoms with Crippen molar-refractivity contribution in [3.8, 4) is 0 Å². The zero-order chi connectivity index (χ0) is 9.90. The molecule has 1 saturated heterocycles. The summed E-state index contributed by atoms with van der Waals surface area (Å²) in [6, 6.07) is 0. The van der Waals surface area contributed by atoms with Gasteiger partial charge in [-0.3, -0.25) is 0 Å². The molecule has 1 aliphatic heterocycles. The highest BCUT2D eigenvalue weighted by atomic mass is 79.9. The van der Waals surface area contributed by atoms with Crippen LogP contribution in [0.2, 0.25) is 0 Å². The van der Waals surface area contributed by atoms with Crippen molar-refractivity contribution in [3.63, 3.8) is 0 Å². The SMILES string of the molecule is CN1CCC(O)(CC(Br)CBr)CC1. The van der Waals surface area contributed by atoms with Crippen LogP contribution in [0.4, 0.5) is 0 Å². The molecule has 0 radical (unpaired) electrons. The van der Waals surface area contributed by atoms with Gasteiger partial charge in [0.2, 0.25) is 0 Å². The van der Waals surface area contributed by atoms with Crippen molar-refractivity contribution in [2.45, 2.75) is 29.7 Å². The number of alkyl halides is 2. The lowest BCUT2D eigenvalue weighted by molar-refractivity contribution is -0.0210. The maximum absolute atomic E-state index is 10.2. The molecule has 0 aromatic carbocycles. The highest BCUT2D eigenvalue weighted by Crippen LogP contribution is 2.29. The Morgan fingerprint density at radius 1 is 1.46 bits per heavy atom. The van der Waals surface area contributed by atoms with Crippen LogP contribution in [0.3, 0.4) is 0 Å². The van der Waals surface area contributed by atoms with Gasteiger partial charge in [0.1, 0.15) is 0 Å². The highest BCUT2D eigenvalue weighted by Gasteiger charge is 2.32. The summed E-state index contributed by atoms with van der Waals surface area (Å²) in [5.74, 6) is 0. The minimum absolute atomic E-state index is 0.390. The zero-order valence-electron chi connectivity index (χ0n) is 7.97. The van der Waals surface area contributed by atoms with E-state index in [-0.39, 0.29) is 0 Å². The first-order valence-electron chi connectivity index (χ1n) is 4.67. The van der Waals surface area contributed by atoms with Gasteiger partial charge < -0.3 is 10.0 Å². The Morgan fingerprint density at radius 2 is 2.00 bits per heavy atom. The molecule has 1 rings (SSSR count). The average Bonchev–Trinajstić information content (AvgIpc) is 2.10. The van der Waals surface area contributed by atoms with E-state index in [1.54, 1.807) is 0 Å². The van der Waals surface area contributed by atoms with E-state index in [4.69, 9.17) is 0 Å². The summed E-state index contributed by atoms with van der Waals surface area (Å²) in [6.45, 7) is 2.02. The molecule has 0 aromatic heterocycles. The summed E-state index contributed by atoms with van der Waals surface area (Å²) in [5, 5.41) is 11.1. The van der Waals surface area contributed by atoms with Crippen LogP contribution < -0.4 is 0 Å². The first-order valence-corrected chi connectivity index (χ1v) is 6.70. The lowest BCUT2D eigenvalue weighted by Crippen LogP contribution is -2.44. The maximum Gasteiger partial charge on any atom is 0.0683 e. The standard InChI is InChI=1S/C9H17Br2NO/c1-12-4-2-9(13,3-5-12)6-8(11)7-10/h8,13H,2-7H2,1H3. The molecule has 1 atom stereocenters. The van der Waals surface area contributed by atoms with E-state index < -0.39 is 5.60 Å². The van der Waals surface area contributed by atoms with Crippen LogP contribution in [0.1, 0.15) is 19.3 Å². The van der Waals surface area contributed by atoms with Crippen LogP contribution >= 0.6 is 31.9 Å². The highest BCUT2D eigenvalue weighted by molar-refractivity contribution is 9.12. The normalized spacial score (nSPS) is 25.8. The molecule has 1 N–H and O–H groups in total. The summed E-state index contributed by atoms with van der Waals surface area (Å²) in [5.41, 5.74) is -0.436. The van der Waals surface area contributed by atoms with E-state index in [9.17, 15) is 5.11 Å². The molecule has 0 spiro atoms. The molecule has 0 aliphatic carbocycles. The van der Waals surface area contributed by atoms with Gasteiger partial charge in [0.25, 0.3) is 0 Å². The molecule has 1 heterocycles. The monoisotopic (exact) mass is 313 g/mol. The van der Waals surface area contributed by atoms with Gasteiger partial charge in [-0.15, -0.1) is 0 Å². The van der Waals surface area contributed by atoms with Gasteiger partial charge in [-0.25, -0.2) is 0 Å². The summed E-state index contributed by atoms with van der Waals surface area (Å²) >= 11 is 6.95. The van der Waals surface area contributed by atoms with Gasteiger partial charge in [0.15, 0.2) is 0 Å². The van der Waals surface area contributed by atoms with Gasteiger partial charge in [0.05, 0.1) is 5.60 Å². The van der Waals surface area contributed by atoms with E-state index in [0.717, 1.165) is 37.7 Å². The quantitative estimate of drug-likeness (QED) is 0.805. The third-order valence-electron chi connectivity index (χ3n) is 2.69. The predicted molar refractivity (Wildman–Crippen MR) is 62.8 cm³/mol. The van der Waals surface area contributed by atoms with Crippen LogP contribution in [0.15, 0.2) is 0 Å². The number of nitrogens with zero attached hydrogens (tertiary/aromatic N) is 1. The Bertz CT molecular complexity index is 158. The Morgan fingerprint density at radius 3 is 2.46 bits per heavy atom. The summed E-state index contributed by atoms with van der Waals surface area (Å²) < 4.78 is 0. The van der Waals surface area contributed by atoms with Gasteiger partial charge in [-0.1, -0.05) is 31.9 Å². The Hall–Kier alpha value is 0.880. The molecule has 0 aromatic rings. The fourth-order valence-corrected chi connectivity index (χ4v) is 2.54. The van der Waals surface area contributed by atoms with Crippen molar-refractivity contribution in [1.29, 1.82) is 0 Å². The van der Waals surface area contributed by atoms with Crippen molar-refractivity contribution < 1.29 is 5.11 Å². The molecule has 2 nitrogen and oxygen atoms in total. The molecule has 1 aliphatic rings. The molecule has 1 unspecified atom stereocenters. The molecule has 0 saturated carbocycles. The molecule has 1 fully saturated rings. The Balaban J connectivity index is 2.38. The van der Waals surface area contributed by atoms with Gasteiger partial charge in [0, 0.05) is 23.2 Å². The average molecular weight is 315 g/mol. The number of hydrogen-bond donors (Lipinski definition) is 1. The molecule has 13 heavy (non-hydrogen) atoms. The summed E-state index contributed by atoms with van der Waals surface area (Å²) in [4.78, 5) is 2.66. The fraction of sp³-hybridized carbons (Fsp3) is 1.00. The molecular weight excluding hydrogens is 298 g/mol. The number of aliphatic hydroxyl groups is 1. The Labute approximate surface area is 96.9 Å². The third kappa shape index (κ3) is 3.86. The summed E-state index contributed by atoms with van der Waals surface area (Å²) in [6.07, 6.45) is 2.66. The number of likely N-dealkylation sites (tertiary alicyclic amines) is 1. The molecule has 0 bridgehead atoms. The van der Waals surface area contributed by atoms with Crippen LogP contribution in [0.25, 0.3) is 0 Å². The molecule has 0 amide bonds. The van der Waals surface area contributed by atoms with Crippen LogP contribution in [0, 0.1) is 0 Å². The van der Waals surface area contributed by atoms with Crippen LogP contribution in [-0.2, 0) is 0 Å². The van der Waals surface area contributed by atoms with Crippen LogP contribution in [0.5, 0.6) is 0 Å². The second-order valence-corrected chi connectivity index (χ2v) is 5.93. The Kier molecular flexibility index (Phi) is 4.69. The van der Waals surface area contributed by atoms with Crippen molar-refractivity contribution in [2.24, 2.45) is 0 Å². The van der Waals surface area contributed by atoms with E-state index in [1.165, 1.54) is 0 Å². The minimum Gasteiger partial charge on any atom is -0.390 e. The molecular formula is C9H17Br2NO. The fourth-order valence-electron chi connectivity index (χ4n) is 1.71. The lowest BCUT2D eigenvalue weighted by Gasteiger charge is -2.37. The second kappa shape index (κ2) is 5.10. The summed E-state index contributed by atoms with van der Waals surface area (Å²) in [7, 11) is 2.11. The largest absolute Gasteiger partial charge is 0.390 e. The topological polar surface area (TPSA) is 23.5 Å². The van der Waals surface area contributed by atoms with Crippen molar-refractivity contribution in [3.05, 3.63) is 0 Å². The lowest BCUT2D eigenvalue weighted by atomic mass is 9.87. The van der Waals surface area contributed by atoms with Gasteiger partial charge >= 0.3 is 0 Å². The smallest absolute Gasteiger partial charge is 0.0683 e. The van der Waals surface area contributed by atoms with Crippen molar-refractivity contribution >= 4 is 31.9 Å². The van der Waals surface area contributed by atoms with E-state index in [0.29, 0.717) is 4.83 Å². The molecule has 4 heteroatoms. The van der Waals surface area contributed by atoms with E-state index in [2.05, 4.69) is 43.8 Å². The van der Waals surface area contributed by atoms with E-state index >= 15 is 0 Å². The van der Waals surface area contributed by atoms with Crippen molar-refractivity contribution in [2.75, 3.05) is 25.5 Å². The first kappa shape index (κ1) is 12.0. The third-order valence-corrected chi connectivity index (χ3v) is 4.98. The second-order valence-electron chi connectivity index (χ2n) is 3.98. The van der Waals surface area contributed by atoms with Gasteiger partial charge in [-0.05, 0) is 26.3 Å². The van der Waals surface area contributed by atoms with Crippen LogP contribution in [-0.4, -0.2) is 45.9 Å². The maximum atomic E-state index is 10.2. The number of piperidine rings is 1. The zero-order valence-corrected chi connectivity index (χ0v) is 11.1. The number of hydrogen-bond acceptors (Lipinski definition) is 2. The minimum atomic E-state index is -0.436.